The number of aliphatic hydroxyl groups is 1. The fraction of sp³-hybridized carbons (Fsp3) is 0.368. The second-order valence-electron chi connectivity index (χ2n) is 6.27. The van der Waals surface area contributed by atoms with Crippen LogP contribution in [0, 0.1) is 0 Å². The highest BCUT2D eigenvalue weighted by atomic mass is 32.2. The molecule has 2 aromatic carbocycles. The average Bonchev–Trinajstić information content (AvgIpc) is 2.65. The molecule has 2 aromatic rings. The second-order valence-corrected chi connectivity index (χ2v) is 8.19. The molecule has 0 spiro atoms. The molecule has 26 heavy (non-hydrogen) atoms. The van der Waals surface area contributed by atoms with Gasteiger partial charge in [-0.2, -0.15) is 0 Å². The first-order valence-corrected chi connectivity index (χ1v) is 10.0. The van der Waals surface area contributed by atoms with Crippen LogP contribution in [-0.2, 0) is 16.4 Å². The molecule has 0 unspecified atom stereocenters. The number of hydrogen-bond donors (Lipinski definition) is 2. The van der Waals surface area contributed by atoms with Crippen LogP contribution < -0.4 is 14.4 Å². The van der Waals surface area contributed by atoms with Gasteiger partial charge >= 0.3 is 0 Å². The summed E-state index contributed by atoms with van der Waals surface area (Å²) in [6.45, 7) is -0.0493. The van der Waals surface area contributed by atoms with Crippen molar-refractivity contribution >= 4 is 15.7 Å². The molecule has 0 aliphatic carbocycles. The van der Waals surface area contributed by atoms with Gasteiger partial charge in [0.25, 0.3) is 0 Å². The molecule has 0 fully saturated rings. The monoisotopic (exact) mass is 378 g/mol. The molecule has 2 N–H and O–H groups in total. The fourth-order valence-electron chi connectivity index (χ4n) is 2.43. The lowest BCUT2D eigenvalue weighted by molar-refractivity contribution is 0.182. The number of aryl methyl sites for hydroxylation is 1. The summed E-state index contributed by atoms with van der Waals surface area (Å²) in [6, 6.07) is 14.7. The fourth-order valence-corrected chi connectivity index (χ4v) is 3.50. The SMILES string of the molecule is COc1ccc(CCS(=O)(=O)NC[C@H](O)c2ccc(N(C)C)cc2)cc1. The number of aliphatic hydroxyl groups excluding tert-OH is 1. The van der Waals surface area contributed by atoms with Crippen LogP contribution in [-0.4, -0.2) is 47.0 Å². The van der Waals surface area contributed by atoms with Gasteiger partial charge < -0.3 is 14.7 Å². The third-order valence-corrected chi connectivity index (χ3v) is 5.46. The van der Waals surface area contributed by atoms with Crippen LogP contribution >= 0.6 is 0 Å². The highest BCUT2D eigenvalue weighted by molar-refractivity contribution is 7.89. The Hall–Kier alpha value is -2.09. The Morgan fingerprint density at radius 3 is 2.23 bits per heavy atom. The molecular formula is C19H26N2O4S. The molecule has 0 aromatic heterocycles. The Morgan fingerprint density at radius 1 is 1.08 bits per heavy atom. The van der Waals surface area contributed by atoms with E-state index in [4.69, 9.17) is 4.74 Å². The third-order valence-electron chi connectivity index (χ3n) is 4.11. The van der Waals surface area contributed by atoms with Crippen molar-refractivity contribution in [3.05, 3.63) is 59.7 Å². The van der Waals surface area contributed by atoms with E-state index < -0.39 is 16.1 Å². The van der Waals surface area contributed by atoms with Gasteiger partial charge in [-0.25, -0.2) is 13.1 Å². The van der Waals surface area contributed by atoms with Crippen LogP contribution in [0.5, 0.6) is 5.75 Å². The molecule has 2 rings (SSSR count). The summed E-state index contributed by atoms with van der Waals surface area (Å²) in [6.07, 6.45) is -0.491. The molecule has 0 heterocycles. The maximum Gasteiger partial charge on any atom is 0.212 e. The van der Waals surface area contributed by atoms with Crippen LogP contribution in [0.1, 0.15) is 17.2 Å². The molecule has 0 saturated carbocycles. The van der Waals surface area contributed by atoms with Gasteiger partial charge in [0, 0.05) is 26.3 Å². The van der Waals surface area contributed by atoms with E-state index in [1.165, 1.54) is 0 Å². The van der Waals surface area contributed by atoms with Gasteiger partial charge in [0.05, 0.1) is 19.0 Å². The van der Waals surface area contributed by atoms with Gasteiger partial charge in [-0.3, -0.25) is 0 Å². The summed E-state index contributed by atoms with van der Waals surface area (Å²) in [4.78, 5) is 1.96. The van der Waals surface area contributed by atoms with Gasteiger partial charge in [0.1, 0.15) is 5.75 Å². The smallest absolute Gasteiger partial charge is 0.212 e. The van der Waals surface area contributed by atoms with Crippen molar-refractivity contribution in [1.82, 2.24) is 4.72 Å². The highest BCUT2D eigenvalue weighted by Crippen LogP contribution is 2.18. The lowest BCUT2D eigenvalue weighted by Gasteiger charge is -2.16. The van der Waals surface area contributed by atoms with E-state index in [2.05, 4.69) is 4.72 Å². The zero-order chi connectivity index (χ0) is 19.2. The molecule has 0 aliphatic heterocycles. The molecule has 0 aliphatic rings. The van der Waals surface area contributed by atoms with E-state index in [1.807, 2.05) is 43.3 Å². The van der Waals surface area contributed by atoms with Gasteiger partial charge in [-0.05, 0) is 41.8 Å². The van der Waals surface area contributed by atoms with Crippen molar-refractivity contribution in [3.63, 3.8) is 0 Å². The first-order valence-electron chi connectivity index (χ1n) is 8.36. The Balaban J connectivity index is 1.85. The van der Waals surface area contributed by atoms with Crippen molar-refractivity contribution in [3.8, 4) is 5.75 Å². The van der Waals surface area contributed by atoms with E-state index >= 15 is 0 Å². The lowest BCUT2D eigenvalue weighted by Crippen LogP contribution is -2.31. The molecule has 142 valence electrons. The molecule has 0 amide bonds. The van der Waals surface area contributed by atoms with E-state index in [0.29, 0.717) is 12.0 Å². The van der Waals surface area contributed by atoms with Crippen molar-refractivity contribution in [2.75, 3.05) is 38.4 Å². The van der Waals surface area contributed by atoms with Gasteiger partial charge in [-0.1, -0.05) is 24.3 Å². The maximum atomic E-state index is 12.2. The third kappa shape index (κ3) is 6.01. The van der Waals surface area contributed by atoms with E-state index in [9.17, 15) is 13.5 Å². The average molecular weight is 378 g/mol. The van der Waals surface area contributed by atoms with Crippen LogP contribution in [0.2, 0.25) is 0 Å². The summed E-state index contributed by atoms with van der Waals surface area (Å²) < 4.78 is 31.9. The van der Waals surface area contributed by atoms with Gasteiger partial charge in [0.15, 0.2) is 0 Å². The van der Waals surface area contributed by atoms with E-state index in [1.54, 1.807) is 31.4 Å². The van der Waals surface area contributed by atoms with Crippen LogP contribution in [0.25, 0.3) is 0 Å². The molecule has 0 radical (unpaired) electrons. The second kappa shape index (κ2) is 9.02. The highest BCUT2D eigenvalue weighted by Gasteiger charge is 2.14. The standard InChI is InChI=1S/C19H26N2O4S/c1-21(2)17-8-6-16(7-9-17)19(22)14-20-26(23,24)13-12-15-4-10-18(25-3)11-5-15/h4-11,19-20,22H,12-14H2,1-3H3/t19-/m0/s1. The number of methoxy groups -OCH3 is 1. The van der Waals surface area contributed by atoms with Crippen LogP contribution in [0.4, 0.5) is 5.69 Å². The number of benzene rings is 2. The number of sulfonamides is 1. The largest absolute Gasteiger partial charge is 0.497 e. The number of rotatable bonds is 9. The first-order chi connectivity index (χ1) is 12.3. The topological polar surface area (TPSA) is 78.9 Å². The minimum absolute atomic E-state index is 0.0361. The van der Waals surface area contributed by atoms with Crippen molar-refractivity contribution < 1.29 is 18.3 Å². The zero-order valence-electron chi connectivity index (χ0n) is 15.3. The molecule has 0 bridgehead atoms. The Labute approximate surface area is 155 Å². The summed E-state index contributed by atoms with van der Waals surface area (Å²) in [5.41, 5.74) is 2.60. The van der Waals surface area contributed by atoms with Crippen LogP contribution in [0.15, 0.2) is 48.5 Å². The van der Waals surface area contributed by atoms with Gasteiger partial charge in [-0.15, -0.1) is 0 Å². The number of hydrogen-bond acceptors (Lipinski definition) is 5. The molecule has 7 heteroatoms. The first kappa shape index (κ1) is 20.2. The summed E-state index contributed by atoms with van der Waals surface area (Å²) in [7, 11) is 1.98. The number of nitrogens with one attached hydrogen (secondary N) is 1. The quantitative estimate of drug-likeness (QED) is 0.697. The van der Waals surface area contributed by atoms with Crippen molar-refractivity contribution in [2.45, 2.75) is 12.5 Å². The molecule has 0 saturated heterocycles. The Bertz CT molecular complexity index is 787. The molecule has 1 atom stereocenters. The predicted octanol–water partition coefficient (Wildman–Crippen LogP) is 1.96. The number of nitrogens with zero attached hydrogens (tertiary/aromatic N) is 1. The van der Waals surface area contributed by atoms with Crippen molar-refractivity contribution in [1.29, 1.82) is 0 Å². The zero-order valence-corrected chi connectivity index (χ0v) is 16.2. The predicted molar refractivity (Wildman–Crippen MR) is 104 cm³/mol. The van der Waals surface area contributed by atoms with E-state index in [-0.39, 0.29) is 12.3 Å². The minimum Gasteiger partial charge on any atom is -0.497 e. The minimum atomic E-state index is -3.47. The Kier molecular flexibility index (Phi) is 7.02. The number of ether oxygens (including phenoxy) is 1. The normalized spacial score (nSPS) is 12.6. The van der Waals surface area contributed by atoms with Crippen LogP contribution in [0.3, 0.4) is 0 Å². The van der Waals surface area contributed by atoms with Gasteiger partial charge in [0.2, 0.25) is 10.0 Å². The van der Waals surface area contributed by atoms with Crippen molar-refractivity contribution in [2.24, 2.45) is 0 Å². The summed E-state index contributed by atoms with van der Waals surface area (Å²) in [5.74, 6) is 0.698. The Morgan fingerprint density at radius 2 is 1.69 bits per heavy atom. The summed E-state index contributed by atoms with van der Waals surface area (Å²) in [5, 5.41) is 10.2. The molecule has 6 nitrogen and oxygen atoms in total. The maximum absolute atomic E-state index is 12.2. The number of anilines is 1. The molecular weight excluding hydrogens is 352 g/mol. The lowest BCUT2D eigenvalue weighted by atomic mass is 10.1. The summed E-state index contributed by atoms with van der Waals surface area (Å²) >= 11 is 0. The van der Waals surface area contributed by atoms with E-state index in [0.717, 1.165) is 17.0 Å².